The smallest absolute Gasteiger partial charge is 0.322 e. The van der Waals surface area contributed by atoms with Crippen molar-refractivity contribution in [3.8, 4) is 0 Å². The standard InChI is InChI=1S/C17H18N4O3S/c1-4-7-21-11(3)14(16(22)18-13-9-10(2)24-20-13)15(19-17(21)23)12-6-5-8-25-12/h4-6,8-9,15H,1,7H2,2-3H3,(H,19,23)(H,18,20,22)/t15-/m0/s1. The number of amides is 3. The Morgan fingerprint density at radius 1 is 1.56 bits per heavy atom. The van der Waals surface area contributed by atoms with Gasteiger partial charge in [0.15, 0.2) is 5.82 Å². The zero-order valence-electron chi connectivity index (χ0n) is 13.9. The van der Waals surface area contributed by atoms with Gasteiger partial charge in [-0.3, -0.25) is 9.69 Å². The van der Waals surface area contributed by atoms with Crippen LogP contribution < -0.4 is 10.6 Å². The molecule has 25 heavy (non-hydrogen) atoms. The first kappa shape index (κ1) is 17.0. The number of anilines is 1. The lowest BCUT2D eigenvalue weighted by Gasteiger charge is -2.34. The minimum atomic E-state index is -0.512. The van der Waals surface area contributed by atoms with Crippen LogP contribution in [-0.2, 0) is 4.79 Å². The third-order valence-electron chi connectivity index (χ3n) is 3.85. The monoisotopic (exact) mass is 358 g/mol. The summed E-state index contributed by atoms with van der Waals surface area (Å²) in [5.41, 5.74) is 1.05. The van der Waals surface area contributed by atoms with Gasteiger partial charge in [-0.05, 0) is 25.3 Å². The predicted molar refractivity (Wildman–Crippen MR) is 95.1 cm³/mol. The normalized spacial score (nSPS) is 17.4. The first-order chi connectivity index (χ1) is 12.0. The number of carbonyl (C=O) groups excluding carboxylic acids is 2. The molecule has 7 nitrogen and oxygen atoms in total. The SMILES string of the molecule is C=CCN1C(=O)N[C@@H](c2cccs2)C(C(=O)Nc2cc(C)on2)=C1C. The van der Waals surface area contributed by atoms with Gasteiger partial charge in [-0.25, -0.2) is 4.79 Å². The number of nitrogens with zero attached hydrogens (tertiary/aromatic N) is 2. The lowest BCUT2D eigenvalue weighted by molar-refractivity contribution is -0.113. The van der Waals surface area contributed by atoms with Crippen molar-refractivity contribution >= 4 is 29.1 Å². The zero-order chi connectivity index (χ0) is 18.0. The molecule has 2 aromatic heterocycles. The fraction of sp³-hybridized carbons (Fsp3) is 0.235. The first-order valence-electron chi connectivity index (χ1n) is 7.69. The Labute approximate surface area is 149 Å². The average molecular weight is 358 g/mol. The van der Waals surface area contributed by atoms with Gasteiger partial charge in [0.25, 0.3) is 5.91 Å². The fourth-order valence-corrected chi connectivity index (χ4v) is 3.49. The van der Waals surface area contributed by atoms with Crippen molar-refractivity contribution in [3.63, 3.8) is 0 Å². The van der Waals surface area contributed by atoms with Gasteiger partial charge in [-0.1, -0.05) is 17.3 Å². The van der Waals surface area contributed by atoms with Gasteiger partial charge in [0.05, 0.1) is 11.6 Å². The predicted octanol–water partition coefficient (Wildman–Crippen LogP) is 3.21. The molecular weight excluding hydrogens is 340 g/mol. The topological polar surface area (TPSA) is 87.5 Å². The summed E-state index contributed by atoms with van der Waals surface area (Å²) in [7, 11) is 0. The Morgan fingerprint density at radius 3 is 2.96 bits per heavy atom. The minimum absolute atomic E-state index is 0.260. The zero-order valence-corrected chi connectivity index (χ0v) is 14.7. The molecule has 0 spiro atoms. The van der Waals surface area contributed by atoms with E-state index >= 15 is 0 Å². The van der Waals surface area contributed by atoms with Crippen molar-refractivity contribution in [1.82, 2.24) is 15.4 Å². The molecule has 8 heteroatoms. The molecule has 0 saturated heterocycles. The number of rotatable bonds is 5. The van der Waals surface area contributed by atoms with E-state index in [1.807, 2.05) is 17.5 Å². The summed E-state index contributed by atoms with van der Waals surface area (Å²) in [5, 5.41) is 11.3. The van der Waals surface area contributed by atoms with E-state index in [0.29, 0.717) is 29.4 Å². The van der Waals surface area contributed by atoms with E-state index in [0.717, 1.165) is 4.88 Å². The molecule has 0 aromatic carbocycles. The molecule has 2 aromatic rings. The van der Waals surface area contributed by atoms with Gasteiger partial charge in [0.1, 0.15) is 5.76 Å². The van der Waals surface area contributed by atoms with Crippen molar-refractivity contribution in [2.24, 2.45) is 0 Å². The molecule has 2 N–H and O–H groups in total. The fourth-order valence-electron chi connectivity index (χ4n) is 2.70. The van der Waals surface area contributed by atoms with Crippen LogP contribution in [0, 0.1) is 6.92 Å². The van der Waals surface area contributed by atoms with Crippen LogP contribution in [0.25, 0.3) is 0 Å². The van der Waals surface area contributed by atoms with Gasteiger partial charge < -0.3 is 15.2 Å². The Bertz CT molecular complexity index is 838. The van der Waals surface area contributed by atoms with E-state index in [1.165, 1.54) is 16.2 Å². The third-order valence-corrected chi connectivity index (χ3v) is 4.79. The first-order valence-corrected chi connectivity index (χ1v) is 8.57. The van der Waals surface area contributed by atoms with Crippen molar-refractivity contribution in [3.05, 3.63) is 58.1 Å². The highest BCUT2D eigenvalue weighted by molar-refractivity contribution is 7.10. The van der Waals surface area contributed by atoms with Crippen LogP contribution in [0.4, 0.5) is 10.6 Å². The van der Waals surface area contributed by atoms with Gasteiger partial charge in [-0.2, -0.15) is 0 Å². The van der Waals surface area contributed by atoms with Crippen molar-refractivity contribution in [2.75, 3.05) is 11.9 Å². The quantitative estimate of drug-likeness (QED) is 0.804. The lowest BCUT2D eigenvalue weighted by atomic mass is 9.99. The van der Waals surface area contributed by atoms with E-state index in [9.17, 15) is 9.59 Å². The van der Waals surface area contributed by atoms with Gasteiger partial charge in [0.2, 0.25) is 0 Å². The summed E-state index contributed by atoms with van der Waals surface area (Å²) >= 11 is 1.48. The van der Waals surface area contributed by atoms with Gasteiger partial charge >= 0.3 is 6.03 Å². The summed E-state index contributed by atoms with van der Waals surface area (Å²) in [6.07, 6.45) is 1.62. The highest BCUT2D eigenvalue weighted by Gasteiger charge is 2.35. The highest BCUT2D eigenvalue weighted by Crippen LogP contribution is 2.33. The number of carbonyl (C=O) groups is 2. The summed E-state index contributed by atoms with van der Waals surface area (Å²) < 4.78 is 4.98. The molecule has 3 rings (SSSR count). The molecule has 1 aliphatic rings. The van der Waals surface area contributed by atoms with E-state index in [1.54, 1.807) is 26.0 Å². The number of hydrogen-bond acceptors (Lipinski definition) is 5. The van der Waals surface area contributed by atoms with E-state index in [4.69, 9.17) is 4.52 Å². The Hall–Kier alpha value is -2.87. The van der Waals surface area contributed by atoms with Crippen LogP contribution in [0.5, 0.6) is 0 Å². The Kier molecular flexibility index (Phi) is 4.71. The summed E-state index contributed by atoms with van der Waals surface area (Å²) in [4.78, 5) is 27.7. The molecule has 0 aliphatic carbocycles. The molecule has 3 heterocycles. The number of urea groups is 1. The maximum Gasteiger partial charge on any atom is 0.322 e. The number of aromatic nitrogens is 1. The molecule has 0 unspecified atom stereocenters. The maximum absolute atomic E-state index is 12.9. The Morgan fingerprint density at radius 2 is 2.36 bits per heavy atom. The second kappa shape index (κ2) is 6.94. The van der Waals surface area contributed by atoms with Crippen LogP contribution in [-0.4, -0.2) is 28.5 Å². The highest BCUT2D eigenvalue weighted by atomic mass is 32.1. The number of nitrogens with one attached hydrogen (secondary N) is 2. The van der Waals surface area contributed by atoms with Crippen LogP contribution in [0.3, 0.4) is 0 Å². The van der Waals surface area contributed by atoms with Crippen molar-refractivity contribution in [1.29, 1.82) is 0 Å². The number of thiophene rings is 1. The van der Waals surface area contributed by atoms with E-state index in [2.05, 4.69) is 22.4 Å². The van der Waals surface area contributed by atoms with Crippen molar-refractivity contribution in [2.45, 2.75) is 19.9 Å². The average Bonchev–Trinajstić information content (AvgIpc) is 3.22. The number of hydrogen-bond donors (Lipinski definition) is 2. The summed E-state index contributed by atoms with van der Waals surface area (Å²) in [6.45, 7) is 7.48. The third kappa shape index (κ3) is 3.34. The summed E-state index contributed by atoms with van der Waals surface area (Å²) in [6, 6.07) is 4.64. The van der Waals surface area contributed by atoms with Crippen LogP contribution in [0.15, 0.2) is 52.0 Å². The van der Waals surface area contributed by atoms with Gasteiger partial charge in [-0.15, -0.1) is 17.9 Å². The molecule has 1 atom stereocenters. The Balaban J connectivity index is 1.99. The molecule has 0 fully saturated rings. The van der Waals surface area contributed by atoms with Gasteiger partial charge in [0, 0.05) is 23.2 Å². The molecule has 0 radical (unpaired) electrons. The molecule has 3 amide bonds. The van der Waals surface area contributed by atoms with E-state index in [-0.39, 0.29) is 11.9 Å². The minimum Gasteiger partial charge on any atom is -0.360 e. The number of aryl methyl sites for hydroxylation is 1. The van der Waals surface area contributed by atoms with Crippen LogP contribution in [0.1, 0.15) is 23.6 Å². The lowest BCUT2D eigenvalue weighted by Crippen LogP contribution is -2.48. The molecular formula is C17H18N4O3S. The second-order valence-corrected chi connectivity index (χ2v) is 6.55. The van der Waals surface area contributed by atoms with Crippen LogP contribution >= 0.6 is 11.3 Å². The van der Waals surface area contributed by atoms with Crippen molar-refractivity contribution < 1.29 is 14.1 Å². The van der Waals surface area contributed by atoms with Crippen LogP contribution in [0.2, 0.25) is 0 Å². The number of allylic oxidation sites excluding steroid dienone is 1. The second-order valence-electron chi connectivity index (χ2n) is 5.57. The molecule has 0 saturated carbocycles. The molecule has 1 aliphatic heterocycles. The molecule has 0 bridgehead atoms. The maximum atomic E-state index is 12.9. The summed E-state index contributed by atoms with van der Waals surface area (Å²) in [5.74, 6) is 0.596. The van der Waals surface area contributed by atoms with E-state index < -0.39 is 6.04 Å². The largest absolute Gasteiger partial charge is 0.360 e. The molecule has 130 valence electrons.